The van der Waals surface area contributed by atoms with Crippen LogP contribution in [0.5, 0.6) is 0 Å². The van der Waals surface area contributed by atoms with Gasteiger partial charge in [-0.05, 0) is 28.8 Å². The molecule has 0 saturated carbocycles. The summed E-state index contributed by atoms with van der Waals surface area (Å²) in [6.45, 7) is 3.68. The van der Waals surface area contributed by atoms with Gasteiger partial charge in [-0.3, -0.25) is 14.6 Å². The molecule has 0 bridgehead atoms. The second-order valence-corrected chi connectivity index (χ2v) is 10.2. The van der Waals surface area contributed by atoms with E-state index >= 15 is 0 Å². The lowest BCUT2D eigenvalue weighted by molar-refractivity contribution is -0.157. The molecule has 2 aliphatic heterocycles. The van der Waals surface area contributed by atoms with Gasteiger partial charge in [0.1, 0.15) is 12.2 Å². The molecule has 2 fully saturated rings. The summed E-state index contributed by atoms with van der Waals surface area (Å²) in [5.74, 6) is -5.06. The van der Waals surface area contributed by atoms with Crippen LogP contribution in [0.3, 0.4) is 0 Å². The third kappa shape index (κ3) is 6.01. The van der Waals surface area contributed by atoms with E-state index in [2.05, 4.69) is 11.9 Å². The Hall–Kier alpha value is -4.64. The maximum atomic E-state index is 14.0. The highest BCUT2D eigenvalue weighted by Gasteiger charge is 2.52. The first-order chi connectivity index (χ1) is 20.3. The molecule has 0 aliphatic carbocycles. The molecule has 2 heterocycles. The van der Waals surface area contributed by atoms with E-state index in [0.717, 1.165) is 23.3 Å². The number of rotatable bonds is 9. The van der Waals surface area contributed by atoms with E-state index < -0.39 is 41.6 Å². The van der Waals surface area contributed by atoms with Crippen LogP contribution < -0.4 is 5.32 Å². The van der Waals surface area contributed by atoms with Crippen LogP contribution in [0.25, 0.3) is 0 Å². The van der Waals surface area contributed by atoms with Crippen molar-refractivity contribution >= 4 is 17.8 Å². The lowest BCUT2D eigenvalue weighted by atomic mass is 10.00. The van der Waals surface area contributed by atoms with Crippen molar-refractivity contribution in [3.05, 3.63) is 120 Å². The van der Waals surface area contributed by atoms with Gasteiger partial charge >= 0.3 is 6.03 Å². The van der Waals surface area contributed by atoms with Crippen LogP contribution in [-0.2, 0) is 29.1 Å². The maximum Gasteiger partial charge on any atom is 0.332 e. The molecule has 3 aromatic rings. The van der Waals surface area contributed by atoms with E-state index in [9.17, 15) is 27.6 Å². The Kier molecular flexibility index (Phi) is 8.58. The normalized spacial score (nSPS) is 18.6. The second-order valence-electron chi connectivity index (χ2n) is 10.2. The van der Waals surface area contributed by atoms with E-state index in [1.54, 1.807) is 5.01 Å². The van der Waals surface area contributed by atoms with Gasteiger partial charge in [0.2, 0.25) is 11.8 Å². The molecular formula is C31H30F3N5O3. The third-order valence-electron chi connectivity index (χ3n) is 7.39. The molecular weight excluding hydrogens is 547 g/mol. The van der Waals surface area contributed by atoms with Crippen molar-refractivity contribution in [2.24, 2.45) is 0 Å². The Morgan fingerprint density at radius 2 is 1.57 bits per heavy atom. The van der Waals surface area contributed by atoms with Gasteiger partial charge in [-0.15, -0.1) is 6.58 Å². The van der Waals surface area contributed by atoms with Gasteiger partial charge in [-0.1, -0.05) is 66.7 Å². The van der Waals surface area contributed by atoms with Gasteiger partial charge in [-0.2, -0.15) is 5.01 Å². The minimum atomic E-state index is -1.59. The molecule has 2 atom stereocenters. The summed E-state index contributed by atoms with van der Waals surface area (Å²) in [5.41, 5.74) is 1.76. The van der Waals surface area contributed by atoms with Crippen LogP contribution in [0.15, 0.2) is 85.5 Å². The molecule has 5 rings (SSSR count). The molecule has 2 aliphatic rings. The van der Waals surface area contributed by atoms with Crippen molar-refractivity contribution in [1.29, 1.82) is 0 Å². The van der Waals surface area contributed by atoms with Crippen molar-refractivity contribution in [2.45, 2.75) is 31.7 Å². The highest BCUT2D eigenvalue weighted by atomic mass is 19.2. The van der Waals surface area contributed by atoms with E-state index in [-0.39, 0.29) is 50.6 Å². The average molecular weight is 578 g/mol. The molecule has 218 valence electrons. The predicted molar refractivity (Wildman–Crippen MR) is 149 cm³/mol. The highest BCUT2D eigenvalue weighted by Crippen LogP contribution is 2.30. The molecule has 0 radical (unpaired) electrons. The number of hydrogen-bond donors (Lipinski definition) is 1. The first-order valence-electron chi connectivity index (χ1n) is 13.5. The summed E-state index contributed by atoms with van der Waals surface area (Å²) in [5, 5.41) is 5.84. The fourth-order valence-electron chi connectivity index (χ4n) is 5.44. The smallest absolute Gasteiger partial charge is 0.332 e. The quantitative estimate of drug-likeness (QED) is 0.310. The van der Waals surface area contributed by atoms with Crippen LogP contribution in [0.1, 0.15) is 16.7 Å². The van der Waals surface area contributed by atoms with E-state index in [1.165, 1.54) is 20.9 Å². The number of fused-ring (bicyclic) bond motifs is 1. The molecule has 8 nitrogen and oxygen atoms in total. The number of urea groups is 1. The van der Waals surface area contributed by atoms with Crippen molar-refractivity contribution in [3.63, 3.8) is 0 Å². The summed E-state index contributed by atoms with van der Waals surface area (Å²) >= 11 is 0. The fraction of sp³-hybridized carbons (Fsp3) is 0.258. The summed E-state index contributed by atoms with van der Waals surface area (Å²) in [4.78, 5) is 43.5. The molecule has 3 aromatic carbocycles. The number of halogens is 3. The topological polar surface area (TPSA) is 76.2 Å². The lowest BCUT2D eigenvalue weighted by Crippen LogP contribution is -2.66. The van der Waals surface area contributed by atoms with Crippen LogP contribution in [0.2, 0.25) is 0 Å². The minimum Gasteiger partial charge on any atom is -0.333 e. The SMILES string of the molecule is C=CCN(C(=O)NCc1ccccc1)N1CC(=O)N2[C@@H](Cc3ccccc3)C(=O)N(Cc3cc(F)c(F)c(F)c3)C[C@@H]21. The molecule has 42 heavy (non-hydrogen) atoms. The van der Waals surface area contributed by atoms with E-state index in [0.29, 0.717) is 0 Å². The van der Waals surface area contributed by atoms with Gasteiger partial charge in [0, 0.05) is 19.5 Å². The van der Waals surface area contributed by atoms with Crippen LogP contribution in [0.4, 0.5) is 18.0 Å². The Balaban J connectivity index is 1.45. The van der Waals surface area contributed by atoms with Crippen molar-refractivity contribution < 1.29 is 27.6 Å². The Bertz CT molecular complexity index is 1450. The van der Waals surface area contributed by atoms with Crippen molar-refractivity contribution in [2.75, 3.05) is 19.6 Å². The van der Waals surface area contributed by atoms with Gasteiger partial charge in [0.25, 0.3) is 0 Å². The number of nitrogens with zero attached hydrogens (tertiary/aromatic N) is 4. The Morgan fingerprint density at radius 1 is 0.952 bits per heavy atom. The summed E-state index contributed by atoms with van der Waals surface area (Å²) in [6.07, 6.45) is 0.980. The van der Waals surface area contributed by atoms with Gasteiger partial charge in [0.15, 0.2) is 17.5 Å². The number of amides is 4. The average Bonchev–Trinajstić information content (AvgIpc) is 3.31. The summed E-state index contributed by atoms with van der Waals surface area (Å²) in [7, 11) is 0. The van der Waals surface area contributed by atoms with E-state index in [4.69, 9.17) is 0 Å². The maximum absolute atomic E-state index is 14.0. The number of hydrazine groups is 1. The minimum absolute atomic E-state index is 0.0455. The third-order valence-corrected chi connectivity index (χ3v) is 7.39. The van der Waals surface area contributed by atoms with Gasteiger partial charge in [0.05, 0.1) is 19.6 Å². The van der Waals surface area contributed by atoms with Crippen LogP contribution in [-0.4, -0.2) is 69.5 Å². The van der Waals surface area contributed by atoms with Crippen LogP contribution >= 0.6 is 0 Å². The lowest BCUT2D eigenvalue weighted by Gasteiger charge is -2.46. The Morgan fingerprint density at radius 3 is 2.19 bits per heavy atom. The standard InChI is InChI=1S/C31H30F3N5O3/c1-2-13-37(31(42)35-17-22-11-7-4-8-12-22)38-20-28(40)39-26(16-21-9-5-3-6-10-21)30(41)36(19-27(38)39)18-23-14-24(32)29(34)25(33)15-23/h2-12,14-15,26-27H,1,13,16-20H2,(H,35,42)/t26-,27+/m0/s1. The molecule has 4 amide bonds. The first-order valence-corrected chi connectivity index (χ1v) is 13.5. The number of carbonyl (C=O) groups excluding carboxylic acids is 3. The number of hydrogen-bond acceptors (Lipinski definition) is 4. The van der Waals surface area contributed by atoms with Crippen LogP contribution in [0, 0.1) is 17.5 Å². The van der Waals surface area contributed by atoms with Crippen molar-refractivity contribution in [3.8, 4) is 0 Å². The number of benzene rings is 3. The van der Waals surface area contributed by atoms with Crippen molar-refractivity contribution in [1.82, 2.24) is 25.1 Å². The zero-order valence-corrected chi connectivity index (χ0v) is 22.8. The predicted octanol–water partition coefficient (Wildman–Crippen LogP) is 3.84. The first kappa shape index (κ1) is 28.9. The number of piperazine rings is 1. The summed E-state index contributed by atoms with van der Waals surface area (Å²) < 4.78 is 41.7. The van der Waals surface area contributed by atoms with E-state index in [1.807, 2.05) is 60.7 Å². The molecule has 0 aromatic heterocycles. The molecule has 11 heteroatoms. The van der Waals surface area contributed by atoms with Gasteiger partial charge < -0.3 is 15.1 Å². The highest BCUT2D eigenvalue weighted by molar-refractivity contribution is 5.91. The molecule has 1 N–H and O–H groups in total. The number of carbonyl (C=O) groups is 3. The fourth-order valence-corrected chi connectivity index (χ4v) is 5.44. The molecule has 2 saturated heterocycles. The van der Waals surface area contributed by atoms with Gasteiger partial charge in [-0.25, -0.2) is 18.0 Å². The summed E-state index contributed by atoms with van der Waals surface area (Å²) in [6, 6.07) is 18.8. The number of nitrogens with one attached hydrogen (secondary N) is 1. The zero-order chi connectivity index (χ0) is 29.8. The molecule has 0 spiro atoms. The Labute approximate surface area is 241 Å². The second kappa shape index (κ2) is 12.5. The molecule has 0 unspecified atom stereocenters. The zero-order valence-electron chi connectivity index (χ0n) is 22.8. The largest absolute Gasteiger partial charge is 0.333 e. The monoisotopic (exact) mass is 577 g/mol.